The number of carbonyl (C=O) groups is 1. The number of carbonyl (C=O) groups excluding carboxylic acids is 1. The molecule has 3 rings (SSSR count). The van der Waals surface area contributed by atoms with Crippen molar-refractivity contribution in [2.45, 2.75) is 24.8 Å². The van der Waals surface area contributed by atoms with Crippen molar-refractivity contribution in [2.24, 2.45) is 7.05 Å². The van der Waals surface area contributed by atoms with Crippen molar-refractivity contribution in [3.05, 3.63) is 40.7 Å². The van der Waals surface area contributed by atoms with Gasteiger partial charge in [0.1, 0.15) is 11.4 Å². The quantitative estimate of drug-likeness (QED) is 0.874. The first-order valence-corrected chi connectivity index (χ1v) is 6.92. The first kappa shape index (κ1) is 14.8. The van der Waals surface area contributed by atoms with Crippen molar-refractivity contribution in [1.29, 1.82) is 0 Å². The van der Waals surface area contributed by atoms with Crippen molar-refractivity contribution in [2.75, 3.05) is 0 Å². The molecule has 2 heterocycles. The third kappa shape index (κ3) is 2.66. The van der Waals surface area contributed by atoms with E-state index in [0.717, 1.165) is 29.2 Å². The van der Waals surface area contributed by atoms with Gasteiger partial charge in [-0.15, -0.1) is 0 Å². The summed E-state index contributed by atoms with van der Waals surface area (Å²) in [4.78, 5) is 20.1. The molecule has 1 aliphatic carbocycles. The molecule has 2 aromatic heterocycles. The van der Waals surface area contributed by atoms with Gasteiger partial charge in [-0.1, -0.05) is 0 Å². The van der Waals surface area contributed by atoms with E-state index in [0.29, 0.717) is 0 Å². The summed E-state index contributed by atoms with van der Waals surface area (Å²) in [6.07, 6.45) is 1.84. The Morgan fingerprint density at radius 1 is 1.41 bits per heavy atom. The zero-order valence-electron chi connectivity index (χ0n) is 11.6. The molecule has 116 valence electrons. The van der Waals surface area contributed by atoms with Crippen LogP contribution in [0.1, 0.15) is 41.0 Å². The molecule has 1 saturated carbocycles. The number of halogens is 3. The van der Waals surface area contributed by atoms with E-state index < -0.39 is 23.6 Å². The molecular weight excluding hydrogens is 316 g/mol. The number of hydrogen-bond acceptors (Lipinski definition) is 4. The molecule has 9 heteroatoms. The van der Waals surface area contributed by atoms with Gasteiger partial charge in [-0.2, -0.15) is 5.10 Å². The van der Waals surface area contributed by atoms with Gasteiger partial charge in [0.25, 0.3) is 12.3 Å². The number of nitrogens with one attached hydrogen (secondary N) is 1. The predicted molar refractivity (Wildman–Crippen MR) is 73.6 cm³/mol. The Balaban J connectivity index is 1.81. The van der Waals surface area contributed by atoms with Crippen LogP contribution in [-0.4, -0.2) is 25.7 Å². The van der Waals surface area contributed by atoms with Crippen LogP contribution in [0.5, 0.6) is 0 Å². The Hall–Kier alpha value is -2.09. The van der Waals surface area contributed by atoms with Gasteiger partial charge in [-0.3, -0.25) is 9.48 Å². The molecule has 1 N–H and O–H groups in total. The molecule has 1 fully saturated rings. The average molecular weight is 328 g/mol. The van der Waals surface area contributed by atoms with E-state index >= 15 is 0 Å². The highest BCUT2D eigenvalue weighted by Gasteiger charge is 2.46. The molecule has 0 aromatic carbocycles. The highest BCUT2D eigenvalue weighted by Crippen LogP contribution is 2.45. The summed E-state index contributed by atoms with van der Waals surface area (Å²) in [5.74, 6) is -0.464. The Bertz CT molecular complexity index is 712. The number of nitrogens with zero attached hydrogens (tertiary/aromatic N) is 4. The number of alkyl halides is 2. The van der Waals surface area contributed by atoms with Gasteiger partial charge in [0, 0.05) is 25.0 Å². The second-order valence-electron chi connectivity index (χ2n) is 5.16. The molecule has 0 atom stereocenters. The van der Waals surface area contributed by atoms with E-state index in [2.05, 4.69) is 20.4 Å². The molecule has 0 saturated heterocycles. The van der Waals surface area contributed by atoms with E-state index in [-0.39, 0.29) is 11.0 Å². The largest absolute Gasteiger partial charge is 0.341 e. The molecule has 2 aromatic rings. The van der Waals surface area contributed by atoms with Gasteiger partial charge < -0.3 is 5.32 Å². The Kier molecular flexibility index (Phi) is 3.56. The number of amides is 1. The molecule has 0 unspecified atom stereocenters. The normalized spacial score (nSPS) is 15.9. The summed E-state index contributed by atoms with van der Waals surface area (Å²) in [5, 5.41) is 6.60. The van der Waals surface area contributed by atoms with Gasteiger partial charge >= 0.3 is 0 Å². The number of aryl methyl sites for hydroxylation is 1. The number of aromatic nitrogens is 4. The van der Waals surface area contributed by atoms with E-state index in [4.69, 9.17) is 11.6 Å². The molecule has 0 aliphatic heterocycles. The lowest BCUT2D eigenvalue weighted by molar-refractivity contribution is 0.0921. The van der Waals surface area contributed by atoms with Crippen LogP contribution in [0.3, 0.4) is 0 Å². The zero-order valence-corrected chi connectivity index (χ0v) is 12.3. The van der Waals surface area contributed by atoms with Crippen LogP contribution >= 0.6 is 11.6 Å². The predicted octanol–water partition coefficient (Wildman–Crippen LogP) is 2.22. The smallest absolute Gasteiger partial charge is 0.282 e. The Labute approximate surface area is 129 Å². The van der Waals surface area contributed by atoms with Crippen LogP contribution in [0.25, 0.3) is 0 Å². The third-order valence-corrected chi connectivity index (χ3v) is 3.83. The van der Waals surface area contributed by atoms with Crippen molar-refractivity contribution in [1.82, 2.24) is 25.1 Å². The molecular formula is C13H12ClF2N5O. The molecule has 0 bridgehead atoms. The Morgan fingerprint density at radius 3 is 2.55 bits per heavy atom. The SMILES string of the molecule is Cn1nc(C(F)F)cc1C(=O)NC1(c2cnc(Cl)nc2)CC1. The highest BCUT2D eigenvalue weighted by molar-refractivity contribution is 6.28. The first-order chi connectivity index (χ1) is 10.4. The monoisotopic (exact) mass is 327 g/mol. The van der Waals surface area contributed by atoms with Crippen LogP contribution in [-0.2, 0) is 12.6 Å². The second-order valence-corrected chi connectivity index (χ2v) is 5.49. The summed E-state index contributed by atoms with van der Waals surface area (Å²) >= 11 is 5.64. The van der Waals surface area contributed by atoms with Crippen LogP contribution in [0.15, 0.2) is 18.5 Å². The topological polar surface area (TPSA) is 72.7 Å². The lowest BCUT2D eigenvalue weighted by Crippen LogP contribution is -2.36. The molecule has 1 aliphatic rings. The maximum absolute atomic E-state index is 12.6. The molecule has 22 heavy (non-hydrogen) atoms. The van der Waals surface area contributed by atoms with E-state index in [1.807, 2.05) is 0 Å². The lowest BCUT2D eigenvalue weighted by Gasteiger charge is -2.17. The van der Waals surface area contributed by atoms with Crippen molar-refractivity contribution < 1.29 is 13.6 Å². The van der Waals surface area contributed by atoms with Crippen LogP contribution in [0.4, 0.5) is 8.78 Å². The van der Waals surface area contributed by atoms with Gasteiger partial charge in [-0.25, -0.2) is 18.7 Å². The molecule has 6 nitrogen and oxygen atoms in total. The zero-order chi connectivity index (χ0) is 15.9. The molecule has 0 spiro atoms. The average Bonchev–Trinajstić information content (AvgIpc) is 3.13. The second kappa shape index (κ2) is 5.28. The standard InChI is InChI=1S/C13H12ClF2N5O/c1-21-9(4-8(20-21)10(15)16)11(22)19-13(2-3-13)7-5-17-12(14)18-6-7/h4-6,10H,2-3H2,1H3,(H,19,22). The summed E-state index contributed by atoms with van der Waals surface area (Å²) in [6, 6.07) is 1.09. The number of hydrogen-bond donors (Lipinski definition) is 1. The van der Waals surface area contributed by atoms with Crippen molar-refractivity contribution in [3.8, 4) is 0 Å². The fourth-order valence-corrected chi connectivity index (χ4v) is 2.36. The van der Waals surface area contributed by atoms with Crippen molar-refractivity contribution >= 4 is 17.5 Å². The fourth-order valence-electron chi connectivity index (χ4n) is 2.26. The summed E-state index contributed by atoms with van der Waals surface area (Å²) in [7, 11) is 1.45. The number of rotatable bonds is 4. The summed E-state index contributed by atoms with van der Waals surface area (Å²) in [5.41, 5.74) is -0.165. The maximum Gasteiger partial charge on any atom is 0.282 e. The molecule has 0 radical (unpaired) electrons. The van der Waals surface area contributed by atoms with Gasteiger partial charge in [-0.05, 0) is 30.5 Å². The summed E-state index contributed by atoms with van der Waals surface area (Å²) < 4.78 is 26.4. The van der Waals surface area contributed by atoms with E-state index in [9.17, 15) is 13.6 Å². The van der Waals surface area contributed by atoms with E-state index in [1.54, 1.807) is 12.4 Å². The minimum absolute atomic E-state index is 0.0801. The van der Waals surface area contributed by atoms with Gasteiger partial charge in [0.2, 0.25) is 5.28 Å². The minimum Gasteiger partial charge on any atom is -0.341 e. The molecule has 1 amide bonds. The van der Waals surface area contributed by atoms with Gasteiger partial charge in [0.05, 0.1) is 5.54 Å². The summed E-state index contributed by atoms with van der Waals surface area (Å²) in [6.45, 7) is 0. The van der Waals surface area contributed by atoms with Crippen molar-refractivity contribution in [3.63, 3.8) is 0 Å². The van der Waals surface area contributed by atoms with Crippen LogP contribution in [0.2, 0.25) is 5.28 Å². The highest BCUT2D eigenvalue weighted by atomic mass is 35.5. The van der Waals surface area contributed by atoms with Gasteiger partial charge in [0.15, 0.2) is 0 Å². The fraction of sp³-hybridized carbons (Fsp3) is 0.385. The van der Waals surface area contributed by atoms with Crippen LogP contribution < -0.4 is 5.32 Å². The third-order valence-electron chi connectivity index (χ3n) is 3.63. The maximum atomic E-state index is 12.6. The Morgan fingerprint density at radius 2 is 2.05 bits per heavy atom. The minimum atomic E-state index is -2.72. The first-order valence-electron chi connectivity index (χ1n) is 6.54. The van der Waals surface area contributed by atoms with Crippen LogP contribution in [0, 0.1) is 0 Å². The lowest BCUT2D eigenvalue weighted by atomic mass is 10.1. The van der Waals surface area contributed by atoms with E-state index in [1.165, 1.54) is 7.05 Å².